The molecule has 0 bridgehead atoms. The summed E-state index contributed by atoms with van der Waals surface area (Å²) >= 11 is 18.0. The van der Waals surface area contributed by atoms with Gasteiger partial charge in [-0.15, -0.1) is 16.7 Å². The van der Waals surface area contributed by atoms with Gasteiger partial charge in [-0.05, 0) is 49.4 Å². The number of rotatable bonds is 8. The van der Waals surface area contributed by atoms with E-state index in [1.165, 1.54) is 0 Å². The van der Waals surface area contributed by atoms with Crippen LogP contribution < -0.4 is 10.1 Å². The number of aromatic nitrogens is 3. The molecule has 0 aliphatic rings. The Bertz CT molecular complexity index is 1020. The van der Waals surface area contributed by atoms with Crippen LogP contribution >= 0.6 is 34.8 Å². The number of alkyl halides is 1. The molecule has 7 nitrogen and oxygen atoms in total. The quantitative estimate of drug-likeness (QED) is 0.377. The van der Waals surface area contributed by atoms with Crippen LogP contribution in [0.5, 0.6) is 6.01 Å². The van der Waals surface area contributed by atoms with Crippen LogP contribution in [0.3, 0.4) is 0 Å². The number of nitrogens with zero attached hydrogens (tertiary/aromatic N) is 3. The highest BCUT2D eigenvalue weighted by molar-refractivity contribution is 6.42. The summed E-state index contributed by atoms with van der Waals surface area (Å²) in [6.07, 6.45) is 0. The molecule has 1 aromatic heterocycles. The predicted octanol–water partition coefficient (Wildman–Crippen LogP) is 4.83. The highest BCUT2D eigenvalue weighted by Crippen LogP contribution is 2.30. The number of halogens is 3. The Kier molecular flexibility index (Phi) is 7.55. The smallest absolute Gasteiger partial charge is 0.336 e. The van der Waals surface area contributed by atoms with E-state index < -0.39 is 5.38 Å². The summed E-state index contributed by atoms with van der Waals surface area (Å²) in [5, 5.41) is 7.39. The van der Waals surface area contributed by atoms with Crippen molar-refractivity contribution in [2.24, 2.45) is 0 Å². The molecule has 0 aliphatic heterocycles. The Morgan fingerprint density at radius 2 is 1.87 bits per heavy atom. The van der Waals surface area contributed by atoms with Crippen LogP contribution in [0.2, 0.25) is 10.0 Å². The van der Waals surface area contributed by atoms with E-state index in [4.69, 9.17) is 44.3 Å². The highest BCUT2D eigenvalue weighted by Gasteiger charge is 2.16. The van der Waals surface area contributed by atoms with E-state index in [2.05, 4.69) is 15.4 Å². The molecule has 3 rings (SSSR count). The van der Waals surface area contributed by atoms with Gasteiger partial charge in [-0.3, -0.25) is 4.79 Å². The fraction of sp³-hybridized carbons (Fsp3) is 0.250. The van der Waals surface area contributed by atoms with Gasteiger partial charge in [-0.1, -0.05) is 23.2 Å². The number of amides is 1. The van der Waals surface area contributed by atoms with Gasteiger partial charge >= 0.3 is 6.01 Å². The van der Waals surface area contributed by atoms with Crippen molar-refractivity contribution < 1.29 is 14.3 Å². The minimum atomic E-state index is -0.631. The standard InChI is InChI=1S/C20H19Cl3N4O3/c1-12(21)19(28)24-14-4-6-15(7-5-14)27-18(13-3-8-16(22)17(23)11-13)25-20(26-27)30-10-9-29-2/h3-8,11-12H,9-10H2,1-2H3,(H,24,28). The van der Waals surface area contributed by atoms with Gasteiger partial charge in [0.25, 0.3) is 0 Å². The van der Waals surface area contributed by atoms with Crippen molar-refractivity contribution in [3.63, 3.8) is 0 Å². The number of anilines is 1. The number of nitrogens with one attached hydrogen (secondary N) is 1. The largest absolute Gasteiger partial charge is 0.460 e. The monoisotopic (exact) mass is 468 g/mol. The van der Waals surface area contributed by atoms with E-state index >= 15 is 0 Å². The molecule has 1 unspecified atom stereocenters. The van der Waals surface area contributed by atoms with Crippen molar-refractivity contribution >= 4 is 46.4 Å². The lowest BCUT2D eigenvalue weighted by molar-refractivity contribution is -0.115. The van der Waals surface area contributed by atoms with Crippen molar-refractivity contribution in [3.8, 4) is 23.1 Å². The van der Waals surface area contributed by atoms with Gasteiger partial charge in [0.15, 0.2) is 5.82 Å². The lowest BCUT2D eigenvalue weighted by Crippen LogP contribution is -2.20. The first kappa shape index (κ1) is 22.4. The lowest BCUT2D eigenvalue weighted by atomic mass is 10.2. The Morgan fingerprint density at radius 3 is 2.50 bits per heavy atom. The summed E-state index contributed by atoms with van der Waals surface area (Å²) in [5.41, 5.74) is 2.04. The zero-order valence-electron chi connectivity index (χ0n) is 16.2. The van der Waals surface area contributed by atoms with Crippen LogP contribution in [0, 0.1) is 0 Å². The molecule has 0 spiro atoms. The molecule has 1 N–H and O–H groups in total. The molecular weight excluding hydrogens is 451 g/mol. The fourth-order valence-corrected chi connectivity index (χ4v) is 2.85. The lowest BCUT2D eigenvalue weighted by Gasteiger charge is -2.09. The molecule has 10 heteroatoms. The van der Waals surface area contributed by atoms with E-state index in [1.807, 2.05) is 0 Å². The molecule has 0 saturated heterocycles. The van der Waals surface area contributed by atoms with Crippen molar-refractivity contribution in [1.29, 1.82) is 0 Å². The normalized spacial score (nSPS) is 11.9. The van der Waals surface area contributed by atoms with Crippen LogP contribution in [-0.4, -0.2) is 46.4 Å². The number of methoxy groups -OCH3 is 1. The number of benzene rings is 2. The summed E-state index contributed by atoms with van der Waals surface area (Å²) < 4.78 is 12.2. The first-order valence-electron chi connectivity index (χ1n) is 8.98. The topological polar surface area (TPSA) is 78.3 Å². The van der Waals surface area contributed by atoms with Crippen LogP contribution in [0.15, 0.2) is 42.5 Å². The molecule has 3 aromatic rings. The van der Waals surface area contributed by atoms with Crippen LogP contribution in [0.4, 0.5) is 5.69 Å². The second-order valence-corrected chi connectivity index (χ2v) is 7.72. The first-order valence-corrected chi connectivity index (χ1v) is 10.2. The van der Waals surface area contributed by atoms with Gasteiger partial charge in [0, 0.05) is 18.4 Å². The number of ether oxygens (including phenoxy) is 2. The van der Waals surface area contributed by atoms with Crippen LogP contribution in [0.25, 0.3) is 17.1 Å². The van der Waals surface area contributed by atoms with Crippen molar-refractivity contribution in [2.45, 2.75) is 12.3 Å². The Labute approximate surface area is 188 Å². The maximum atomic E-state index is 11.8. The molecule has 0 aliphatic carbocycles. The summed E-state index contributed by atoms with van der Waals surface area (Å²) in [6, 6.07) is 12.5. The molecule has 1 heterocycles. The third-order valence-corrected chi connectivity index (χ3v) is 4.96. The summed E-state index contributed by atoms with van der Waals surface area (Å²) in [7, 11) is 1.59. The van der Waals surface area contributed by atoms with Gasteiger partial charge in [0.1, 0.15) is 12.0 Å². The number of hydrogen-bond acceptors (Lipinski definition) is 5. The maximum absolute atomic E-state index is 11.8. The Morgan fingerprint density at radius 1 is 1.13 bits per heavy atom. The van der Waals surface area contributed by atoms with E-state index in [9.17, 15) is 4.79 Å². The van der Waals surface area contributed by atoms with Gasteiger partial charge in [-0.25, -0.2) is 4.68 Å². The van der Waals surface area contributed by atoms with Gasteiger partial charge in [0.2, 0.25) is 5.91 Å². The van der Waals surface area contributed by atoms with Crippen molar-refractivity contribution in [3.05, 3.63) is 52.5 Å². The first-order chi connectivity index (χ1) is 14.4. The van der Waals surface area contributed by atoms with Crippen molar-refractivity contribution in [2.75, 3.05) is 25.6 Å². The summed E-state index contributed by atoms with van der Waals surface area (Å²) in [5.74, 6) is 0.239. The molecular formula is C20H19Cl3N4O3. The molecule has 0 saturated carbocycles. The molecule has 30 heavy (non-hydrogen) atoms. The molecule has 158 valence electrons. The van der Waals surface area contributed by atoms with Gasteiger partial charge in [0.05, 0.1) is 22.3 Å². The highest BCUT2D eigenvalue weighted by atomic mass is 35.5. The van der Waals surface area contributed by atoms with E-state index in [0.29, 0.717) is 46.0 Å². The molecule has 1 amide bonds. The second kappa shape index (κ2) is 10.1. The van der Waals surface area contributed by atoms with E-state index in [1.54, 1.807) is 61.2 Å². The molecule has 1 atom stereocenters. The molecule has 2 aromatic carbocycles. The minimum absolute atomic E-state index is 0.196. The Balaban J connectivity index is 1.95. The van der Waals surface area contributed by atoms with Crippen LogP contribution in [-0.2, 0) is 9.53 Å². The Hall–Kier alpha value is -2.32. The number of carbonyl (C=O) groups excluding carboxylic acids is 1. The van der Waals surface area contributed by atoms with Gasteiger partial charge < -0.3 is 14.8 Å². The zero-order chi connectivity index (χ0) is 21.7. The van der Waals surface area contributed by atoms with E-state index in [0.717, 1.165) is 0 Å². The average molecular weight is 470 g/mol. The fourth-order valence-electron chi connectivity index (χ4n) is 2.50. The number of hydrogen-bond donors (Lipinski definition) is 1. The van der Waals surface area contributed by atoms with Crippen LogP contribution in [0.1, 0.15) is 6.92 Å². The maximum Gasteiger partial charge on any atom is 0.336 e. The predicted molar refractivity (Wildman–Crippen MR) is 118 cm³/mol. The average Bonchev–Trinajstić information content (AvgIpc) is 3.15. The zero-order valence-corrected chi connectivity index (χ0v) is 18.5. The summed E-state index contributed by atoms with van der Waals surface area (Å²) in [4.78, 5) is 16.3. The third kappa shape index (κ3) is 5.43. The second-order valence-electron chi connectivity index (χ2n) is 6.25. The van der Waals surface area contributed by atoms with Gasteiger partial charge in [-0.2, -0.15) is 4.98 Å². The summed E-state index contributed by atoms with van der Waals surface area (Å²) in [6.45, 7) is 2.32. The molecule has 0 radical (unpaired) electrons. The molecule has 0 fully saturated rings. The minimum Gasteiger partial charge on any atom is -0.460 e. The van der Waals surface area contributed by atoms with E-state index in [-0.39, 0.29) is 11.9 Å². The SMILES string of the molecule is COCCOc1nc(-c2ccc(Cl)c(Cl)c2)n(-c2ccc(NC(=O)C(C)Cl)cc2)n1. The third-order valence-electron chi connectivity index (χ3n) is 4.02. The van der Waals surface area contributed by atoms with Crippen molar-refractivity contribution in [1.82, 2.24) is 14.8 Å². The number of carbonyl (C=O) groups is 1.